The Morgan fingerprint density at radius 1 is 0.842 bits per heavy atom. The standard InChI is InChI=1S/C29H22Cl2N2O5/c1-14(29(37)38-13-22(34)32-15-10-11-20(30)21(31)12-15)33-27(35)25-23-16-6-2-3-7-17(16)24(26(25)28(33)36)19-9-5-4-8-18(19)23/h2-12,14,23-26H,13H2,1H3,(H,32,34)/t14-,23?,24?,25-,26+/m0/s1. The number of hydrogen-bond donors (Lipinski definition) is 1. The van der Waals surface area contributed by atoms with Crippen LogP contribution in [0.25, 0.3) is 0 Å². The van der Waals surface area contributed by atoms with Gasteiger partial charge < -0.3 is 10.1 Å². The van der Waals surface area contributed by atoms with Gasteiger partial charge in [-0.25, -0.2) is 4.79 Å². The third-order valence-corrected chi connectivity index (χ3v) is 8.50. The second-order valence-corrected chi connectivity index (χ2v) is 10.6. The van der Waals surface area contributed by atoms with Crippen molar-refractivity contribution in [1.29, 1.82) is 0 Å². The van der Waals surface area contributed by atoms with Gasteiger partial charge in [0.25, 0.3) is 5.91 Å². The van der Waals surface area contributed by atoms with Crippen LogP contribution in [0.3, 0.4) is 0 Å². The van der Waals surface area contributed by atoms with Crippen LogP contribution in [-0.4, -0.2) is 41.2 Å². The molecule has 0 saturated carbocycles. The van der Waals surface area contributed by atoms with Crippen LogP contribution in [0.1, 0.15) is 41.0 Å². The van der Waals surface area contributed by atoms with Crippen molar-refractivity contribution in [2.75, 3.05) is 11.9 Å². The van der Waals surface area contributed by atoms with Gasteiger partial charge in [0.15, 0.2) is 6.61 Å². The number of ether oxygens (including phenoxy) is 1. The summed E-state index contributed by atoms with van der Waals surface area (Å²) in [7, 11) is 0. The molecular weight excluding hydrogens is 527 g/mol. The minimum absolute atomic E-state index is 0.265. The van der Waals surface area contributed by atoms with Crippen molar-refractivity contribution in [3.63, 3.8) is 0 Å². The average Bonchev–Trinajstić information content (AvgIpc) is 3.19. The Labute approximate surface area is 228 Å². The highest BCUT2D eigenvalue weighted by atomic mass is 35.5. The second kappa shape index (κ2) is 9.26. The maximum atomic E-state index is 13.7. The highest BCUT2D eigenvalue weighted by molar-refractivity contribution is 6.42. The lowest BCUT2D eigenvalue weighted by Gasteiger charge is -2.45. The van der Waals surface area contributed by atoms with Crippen LogP contribution in [-0.2, 0) is 23.9 Å². The number of halogens is 2. The zero-order chi connectivity index (χ0) is 26.7. The van der Waals surface area contributed by atoms with Crippen LogP contribution in [0.15, 0.2) is 66.7 Å². The Bertz CT molecular complexity index is 1410. The molecule has 3 aromatic rings. The number of carbonyl (C=O) groups excluding carboxylic acids is 4. The molecule has 192 valence electrons. The molecule has 38 heavy (non-hydrogen) atoms. The number of imide groups is 1. The maximum Gasteiger partial charge on any atom is 0.329 e. The van der Waals surface area contributed by atoms with Crippen LogP contribution in [0, 0.1) is 11.8 Å². The van der Waals surface area contributed by atoms with E-state index in [9.17, 15) is 19.2 Å². The summed E-state index contributed by atoms with van der Waals surface area (Å²) in [6.45, 7) is 0.864. The molecule has 0 spiro atoms. The van der Waals surface area contributed by atoms with Crippen LogP contribution < -0.4 is 5.32 Å². The van der Waals surface area contributed by atoms with E-state index in [0.29, 0.717) is 10.7 Å². The minimum Gasteiger partial charge on any atom is -0.454 e. The third-order valence-electron chi connectivity index (χ3n) is 7.76. The zero-order valence-electron chi connectivity index (χ0n) is 20.2. The van der Waals surface area contributed by atoms with Crippen LogP contribution in [0.5, 0.6) is 0 Å². The largest absolute Gasteiger partial charge is 0.454 e. The molecule has 4 aliphatic rings. The van der Waals surface area contributed by atoms with Crippen molar-refractivity contribution in [2.45, 2.75) is 24.8 Å². The second-order valence-electron chi connectivity index (χ2n) is 9.77. The summed E-state index contributed by atoms with van der Waals surface area (Å²) in [6.07, 6.45) is 0. The normalized spacial score (nSPS) is 23.4. The minimum atomic E-state index is -1.18. The summed E-state index contributed by atoms with van der Waals surface area (Å²) in [5, 5.41) is 3.17. The molecule has 7 rings (SSSR count). The molecule has 3 aliphatic carbocycles. The van der Waals surface area contributed by atoms with E-state index in [1.165, 1.54) is 19.1 Å². The molecule has 1 fully saturated rings. The molecule has 3 amide bonds. The van der Waals surface area contributed by atoms with E-state index in [1.807, 2.05) is 48.5 Å². The number of anilines is 1. The molecular formula is C29H22Cl2N2O5. The topological polar surface area (TPSA) is 92.8 Å². The number of nitrogens with one attached hydrogen (secondary N) is 1. The first-order valence-corrected chi connectivity index (χ1v) is 13.0. The Hall–Kier alpha value is -3.68. The van der Waals surface area contributed by atoms with E-state index in [4.69, 9.17) is 27.9 Å². The molecule has 1 saturated heterocycles. The number of esters is 1. The van der Waals surface area contributed by atoms with Crippen molar-refractivity contribution in [3.8, 4) is 0 Å². The summed E-state index contributed by atoms with van der Waals surface area (Å²) < 4.78 is 5.19. The van der Waals surface area contributed by atoms with E-state index in [2.05, 4.69) is 5.32 Å². The molecule has 3 aromatic carbocycles. The van der Waals surface area contributed by atoms with Gasteiger partial charge in [-0.05, 0) is 47.4 Å². The fourth-order valence-electron chi connectivity index (χ4n) is 6.22. The fourth-order valence-corrected chi connectivity index (χ4v) is 6.51. The maximum absolute atomic E-state index is 13.7. The first-order chi connectivity index (χ1) is 18.3. The third kappa shape index (κ3) is 3.72. The monoisotopic (exact) mass is 548 g/mol. The van der Waals surface area contributed by atoms with Gasteiger partial charge >= 0.3 is 5.97 Å². The van der Waals surface area contributed by atoms with Crippen LogP contribution in [0.2, 0.25) is 10.0 Å². The SMILES string of the molecule is C[C@@H](C(=O)OCC(=O)Nc1ccc(Cl)c(Cl)c1)N1C(=O)[C@@H]2C3c4ccccc4C(c4ccccc43)[C@@H]2C1=O. The van der Waals surface area contributed by atoms with Gasteiger partial charge in [-0.1, -0.05) is 71.7 Å². The number of hydrogen-bond acceptors (Lipinski definition) is 5. The van der Waals surface area contributed by atoms with E-state index in [0.717, 1.165) is 27.2 Å². The Morgan fingerprint density at radius 2 is 1.34 bits per heavy atom. The molecule has 9 heteroatoms. The zero-order valence-corrected chi connectivity index (χ0v) is 21.7. The lowest BCUT2D eigenvalue weighted by molar-refractivity contribution is -0.159. The molecule has 0 radical (unpaired) electrons. The highest BCUT2D eigenvalue weighted by Crippen LogP contribution is 2.61. The van der Waals surface area contributed by atoms with Crippen LogP contribution in [0.4, 0.5) is 5.69 Å². The number of amides is 3. The summed E-state index contributed by atoms with van der Waals surface area (Å²) in [4.78, 5) is 53.7. The van der Waals surface area contributed by atoms with E-state index >= 15 is 0 Å². The van der Waals surface area contributed by atoms with Gasteiger partial charge in [0.05, 0.1) is 21.9 Å². The number of likely N-dealkylation sites (tertiary alicyclic amines) is 1. The van der Waals surface area contributed by atoms with Gasteiger partial charge in [0.2, 0.25) is 11.8 Å². The molecule has 1 N–H and O–H groups in total. The number of benzene rings is 3. The van der Waals surface area contributed by atoms with Crippen molar-refractivity contribution >= 4 is 52.6 Å². The van der Waals surface area contributed by atoms with Crippen molar-refractivity contribution in [2.24, 2.45) is 11.8 Å². The van der Waals surface area contributed by atoms with Gasteiger partial charge in [0, 0.05) is 17.5 Å². The van der Waals surface area contributed by atoms with Gasteiger partial charge in [-0.15, -0.1) is 0 Å². The average molecular weight is 549 g/mol. The van der Waals surface area contributed by atoms with Crippen molar-refractivity contribution in [1.82, 2.24) is 4.90 Å². The molecule has 1 aliphatic heterocycles. The van der Waals surface area contributed by atoms with Gasteiger partial charge in [-0.3, -0.25) is 19.3 Å². The summed E-state index contributed by atoms with van der Waals surface area (Å²) >= 11 is 11.9. The smallest absolute Gasteiger partial charge is 0.329 e. The Balaban J connectivity index is 1.20. The Morgan fingerprint density at radius 3 is 1.82 bits per heavy atom. The first kappa shape index (κ1) is 24.6. The molecule has 7 nitrogen and oxygen atoms in total. The summed E-state index contributed by atoms with van der Waals surface area (Å²) in [6, 6.07) is 19.2. The van der Waals surface area contributed by atoms with E-state index < -0.39 is 36.4 Å². The molecule has 0 unspecified atom stereocenters. The molecule has 0 aromatic heterocycles. The lowest BCUT2D eigenvalue weighted by atomic mass is 9.55. The summed E-state index contributed by atoms with van der Waals surface area (Å²) in [5.74, 6) is -3.92. The van der Waals surface area contributed by atoms with Gasteiger partial charge in [-0.2, -0.15) is 0 Å². The number of rotatable bonds is 5. The number of nitrogens with zero attached hydrogens (tertiary/aromatic N) is 1. The molecule has 2 bridgehead atoms. The van der Waals surface area contributed by atoms with Crippen molar-refractivity contribution < 1.29 is 23.9 Å². The van der Waals surface area contributed by atoms with E-state index in [1.54, 1.807) is 6.07 Å². The predicted octanol–water partition coefficient (Wildman–Crippen LogP) is 4.76. The molecule has 1 heterocycles. The quantitative estimate of drug-likeness (QED) is 0.366. The highest BCUT2D eigenvalue weighted by Gasteiger charge is 2.62. The van der Waals surface area contributed by atoms with E-state index in [-0.39, 0.29) is 28.7 Å². The van der Waals surface area contributed by atoms with Gasteiger partial charge in [0.1, 0.15) is 6.04 Å². The molecule has 3 atom stereocenters. The predicted molar refractivity (Wildman–Crippen MR) is 141 cm³/mol. The lowest BCUT2D eigenvalue weighted by Crippen LogP contribution is -2.45. The Kier molecular flexibility index (Phi) is 6.00. The number of carbonyl (C=O) groups is 4. The van der Waals surface area contributed by atoms with Crippen LogP contribution >= 0.6 is 23.2 Å². The summed E-state index contributed by atoms with van der Waals surface area (Å²) in [5.41, 5.74) is 4.59. The fraction of sp³-hybridized carbons (Fsp3) is 0.241. The van der Waals surface area contributed by atoms with Crippen molar-refractivity contribution in [3.05, 3.63) is 99.0 Å². The first-order valence-electron chi connectivity index (χ1n) is 12.2.